The maximum Gasteiger partial charge on any atom is 0.312 e. The molecule has 2 N–H and O–H groups in total. The first-order valence-electron chi connectivity index (χ1n) is 11.9. The highest BCUT2D eigenvalue weighted by molar-refractivity contribution is 7.89. The highest BCUT2D eigenvalue weighted by atomic mass is 32.2. The van der Waals surface area contributed by atoms with Gasteiger partial charge in [-0.1, -0.05) is 35.4 Å². The summed E-state index contributed by atoms with van der Waals surface area (Å²) in [4.78, 5) is 0. The summed E-state index contributed by atoms with van der Waals surface area (Å²) in [5.41, 5.74) is 5.24. The Bertz CT molecular complexity index is 1340. The second-order valence-electron chi connectivity index (χ2n) is 9.48. The van der Waals surface area contributed by atoms with Crippen molar-refractivity contribution in [3.8, 4) is 0 Å². The van der Waals surface area contributed by atoms with Gasteiger partial charge in [0.25, 0.3) is 0 Å². The van der Waals surface area contributed by atoms with Crippen LogP contribution in [0.5, 0.6) is 0 Å². The summed E-state index contributed by atoms with van der Waals surface area (Å²) in [6.07, 6.45) is 1.70. The number of ether oxygens (including phenoxy) is 1. The quantitative estimate of drug-likeness (QED) is 0.542. The second-order valence-corrected chi connectivity index (χ2v) is 11.5. The summed E-state index contributed by atoms with van der Waals surface area (Å²) in [6, 6.07) is 10.7. The predicted molar refractivity (Wildman–Crippen MR) is 128 cm³/mol. The zero-order valence-electron chi connectivity index (χ0n) is 19.9. The Hall–Kier alpha value is -2.89. The number of nitrogens with zero attached hydrogens (tertiary/aromatic N) is 3. The summed E-state index contributed by atoms with van der Waals surface area (Å²) in [5, 5.41) is 6.94. The van der Waals surface area contributed by atoms with Gasteiger partial charge in [0.15, 0.2) is 0 Å². The highest BCUT2D eigenvalue weighted by Gasteiger charge is 2.45. The van der Waals surface area contributed by atoms with Gasteiger partial charge >= 0.3 is 6.01 Å². The summed E-state index contributed by atoms with van der Waals surface area (Å²) in [7, 11) is -3.80. The third-order valence-corrected chi connectivity index (χ3v) is 9.74. The first-order valence-corrected chi connectivity index (χ1v) is 13.4. The number of hydrogen-bond acceptors (Lipinski definition) is 7. The van der Waals surface area contributed by atoms with E-state index in [1.54, 1.807) is 31.2 Å². The van der Waals surface area contributed by atoms with Gasteiger partial charge in [-0.05, 0) is 50.3 Å². The van der Waals surface area contributed by atoms with Crippen LogP contribution in [0.3, 0.4) is 0 Å². The summed E-state index contributed by atoms with van der Waals surface area (Å²) in [6.45, 7) is 2.13. The average Bonchev–Trinajstić information content (AvgIpc) is 3.31. The molecular formula is C25H28F2N4O4S. The number of nitrogens with two attached hydrogens (primary N) is 1. The van der Waals surface area contributed by atoms with Crippen LogP contribution in [0.25, 0.3) is 0 Å². The third-order valence-electron chi connectivity index (χ3n) is 7.37. The minimum Gasteiger partial charge on any atom is -0.407 e. The minimum absolute atomic E-state index is 0.0346. The zero-order chi connectivity index (χ0) is 25.5. The molecule has 2 atom stereocenters. The molecule has 2 aliphatic rings. The molecule has 2 saturated heterocycles. The van der Waals surface area contributed by atoms with E-state index in [1.807, 2.05) is 6.07 Å². The molecule has 11 heteroatoms. The molecule has 2 aromatic carbocycles. The van der Waals surface area contributed by atoms with E-state index >= 15 is 8.78 Å². The van der Waals surface area contributed by atoms with E-state index in [4.69, 9.17) is 14.9 Å². The largest absolute Gasteiger partial charge is 0.407 e. The molecule has 0 saturated carbocycles. The van der Waals surface area contributed by atoms with Crippen LogP contribution in [0, 0.1) is 11.6 Å². The molecule has 1 aromatic heterocycles. The molecule has 5 rings (SSSR count). The van der Waals surface area contributed by atoms with Gasteiger partial charge in [0.1, 0.15) is 16.9 Å². The molecule has 0 radical (unpaired) electrons. The van der Waals surface area contributed by atoms with Crippen molar-refractivity contribution in [1.29, 1.82) is 0 Å². The molecule has 0 spiro atoms. The van der Waals surface area contributed by atoms with Crippen LogP contribution in [0.1, 0.15) is 60.4 Å². The fourth-order valence-corrected chi connectivity index (χ4v) is 7.53. The van der Waals surface area contributed by atoms with E-state index in [0.717, 1.165) is 12.1 Å². The topological polar surface area (TPSA) is 112 Å². The maximum atomic E-state index is 15.6. The third kappa shape index (κ3) is 4.29. The summed E-state index contributed by atoms with van der Waals surface area (Å²) >= 11 is 0. The Morgan fingerprint density at radius 3 is 2.47 bits per heavy atom. The smallest absolute Gasteiger partial charge is 0.312 e. The van der Waals surface area contributed by atoms with Crippen LogP contribution in [0.4, 0.5) is 14.8 Å². The second kappa shape index (κ2) is 9.53. The molecule has 36 heavy (non-hydrogen) atoms. The van der Waals surface area contributed by atoms with Gasteiger partial charge in [-0.15, -0.1) is 5.10 Å². The van der Waals surface area contributed by atoms with Gasteiger partial charge in [0.05, 0.1) is 5.41 Å². The van der Waals surface area contributed by atoms with Crippen LogP contribution in [0.15, 0.2) is 46.9 Å². The average molecular weight is 519 g/mol. The van der Waals surface area contributed by atoms with Crippen molar-refractivity contribution in [2.45, 2.75) is 55.9 Å². The van der Waals surface area contributed by atoms with E-state index in [2.05, 4.69) is 10.2 Å². The van der Waals surface area contributed by atoms with Crippen molar-refractivity contribution in [3.05, 3.63) is 76.7 Å². The number of rotatable bonds is 5. The normalized spacial score (nSPS) is 24.0. The zero-order valence-corrected chi connectivity index (χ0v) is 20.7. The van der Waals surface area contributed by atoms with Gasteiger partial charge in [-0.3, -0.25) is 0 Å². The number of anilines is 1. The van der Waals surface area contributed by atoms with Crippen LogP contribution in [-0.2, 0) is 26.7 Å². The van der Waals surface area contributed by atoms with Crippen molar-refractivity contribution < 1.29 is 26.4 Å². The first-order chi connectivity index (χ1) is 17.2. The van der Waals surface area contributed by atoms with Gasteiger partial charge in [0.2, 0.25) is 15.9 Å². The van der Waals surface area contributed by atoms with Gasteiger partial charge in [-0.25, -0.2) is 17.2 Å². The number of nitrogen functional groups attached to an aromatic ring is 1. The Kier molecular flexibility index (Phi) is 6.56. The molecule has 0 aliphatic carbocycles. The van der Waals surface area contributed by atoms with Crippen LogP contribution in [-0.4, -0.2) is 42.2 Å². The summed E-state index contributed by atoms with van der Waals surface area (Å²) in [5.74, 6) is -1.27. The number of aromatic nitrogens is 2. The molecule has 2 aliphatic heterocycles. The minimum atomic E-state index is -3.80. The lowest BCUT2D eigenvalue weighted by Gasteiger charge is -2.38. The van der Waals surface area contributed by atoms with Gasteiger partial charge < -0.3 is 14.9 Å². The summed E-state index contributed by atoms with van der Waals surface area (Å²) < 4.78 is 70.4. The highest BCUT2D eigenvalue weighted by Crippen LogP contribution is 2.43. The SMILES string of the molecule is C[C@H]1CC[C@H](c2ccccc2)S(=O)(=O)N1Cc1cc(F)c(C2(c3nnc(N)o3)CCOCC2)cc1F. The number of halogens is 2. The number of sulfonamides is 1. The Balaban J connectivity index is 1.50. The monoisotopic (exact) mass is 518 g/mol. The lowest BCUT2D eigenvalue weighted by molar-refractivity contribution is 0.0534. The molecule has 3 heterocycles. The van der Waals surface area contributed by atoms with Crippen LogP contribution >= 0.6 is 0 Å². The van der Waals surface area contributed by atoms with Crippen molar-refractivity contribution in [2.75, 3.05) is 18.9 Å². The van der Waals surface area contributed by atoms with Crippen molar-refractivity contribution in [1.82, 2.24) is 14.5 Å². The number of benzene rings is 2. The molecule has 0 unspecified atom stereocenters. The molecule has 2 fully saturated rings. The Morgan fingerprint density at radius 1 is 1.08 bits per heavy atom. The lowest BCUT2D eigenvalue weighted by Crippen LogP contribution is -2.45. The van der Waals surface area contributed by atoms with Gasteiger partial charge in [-0.2, -0.15) is 4.31 Å². The van der Waals surface area contributed by atoms with Crippen LogP contribution in [0.2, 0.25) is 0 Å². The predicted octanol–water partition coefficient (Wildman–Crippen LogP) is 4.08. The van der Waals surface area contributed by atoms with E-state index in [0.29, 0.717) is 44.5 Å². The maximum absolute atomic E-state index is 15.6. The molecule has 0 amide bonds. The first kappa shape index (κ1) is 24.8. The Morgan fingerprint density at radius 2 is 1.81 bits per heavy atom. The molecule has 192 valence electrons. The van der Waals surface area contributed by atoms with Gasteiger partial charge in [0, 0.05) is 36.9 Å². The fraction of sp³-hybridized carbons (Fsp3) is 0.440. The van der Waals surface area contributed by atoms with Crippen molar-refractivity contribution in [3.63, 3.8) is 0 Å². The molecule has 8 nitrogen and oxygen atoms in total. The van der Waals surface area contributed by atoms with Crippen molar-refractivity contribution in [2.24, 2.45) is 0 Å². The van der Waals surface area contributed by atoms with E-state index in [9.17, 15) is 8.42 Å². The van der Waals surface area contributed by atoms with E-state index < -0.39 is 32.3 Å². The van der Waals surface area contributed by atoms with Crippen molar-refractivity contribution >= 4 is 16.0 Å². The van der Waals surface area contributed by atoms with E-state index in [-0.39, 0.29) is 35.6 Å². The lowest BCUT2D eigenvalue weighted by atomic mass is 9.73. The van der Waals surface area contributed by atoms with Crippen LogP contribution < -0.4 is 5.73 Å². The fourth-order valence-electron chi connectivity index (χ4n) is 5.34. The molecule has 3 aromatic rings. The molecule has 0 bridgehead atoms. The number of hydrogen-bond donors (Lipinski definition) is 1. The van der Waals surface area contributed by atoms with E-state index in [1.165, 1.54) is 4.31 Å². The molecular weight excluding hydrogens is 490 g/mol. The Labute approximate surface area is 208 Å². The standard InChI is InChI=1S/C25H28F2N4O4S/c1-16-7-8-22(17-5-3-2-4-6-17)36(32,33)31(16)15-18-13-21(27)19(14-20(18)26)25(9-11-34-12-10-25)23-29-30-24(28)35-23/h2-6,13-14,16,22H,7-12,15H2,1H3,(H2,28,30)/t16-,22+/m0/s1.